The normalized spacial score (nSPS) is 10.6. The summed E-state index contributed by atoms with van der Waals surface area (Å²) >= 11 is 0. The van der Waals surface area contributed by atoms with Crippen LogP contribution in [-0.2, 0) is 7.05 Å². The van der Waals surface area contributed by atoms with E-state index in [-0.39, 0.29) is 0 Å². The lowest BCUT2D eigenvalue weighted by Gasteiger charge is -2.04. The monoisotopic (exact) mass is 248 g/mol. The lowest BCUT2D eigenvalue weighted by molar-refractivity contribution is 0.778. The summed E-state index contributed by atoms with van der Waals surface area (Å²) in [5, 5.41) is 4.62. The molecule has 1 aromatic heterocycles. The van der Waals surface area contributed by atoms with Crippen molar-refractivity contribution in [2.24, 2.45) is 7.05 Å². The van der Waals surface area contributed by atoms with Crippen LogP contribution in [0.5, 0.6) is 0 Å². The third-order valence-corrected chi connectivity index (χ3v) is 3.37. The highest BCUT2D eigenvalue weighted by atomic mass is 15.3. The average Bonchev–Trinajstić information content (AvgIpc) is 2.82. The van der Waals surface area contributed by atoms with Crippen LogP contribution in [0.25, 0.3) is 22.5 Å². The zero-order valence-electron chi connectivity index (χ0n) is 11.2. The van der Waals surface area contributed by atoms with Gasteiger partial charge in [0, 0.05) is 18.2 Å². The van der Waals surface area contributed by atoms with Crippen molar-refractivity contribution in [2.75, 3.05) is 0 Å². The topological polar surface area (TPSA) is 17.8 Å². The summed E-state index contributed by atoms with van der Waals surface area (Å²) in [5.41, 5.74) is 5.82. The van der Waals surface area contributed by atoms with Crippen LogP contribution < -0.4 is 0 Å². The fourth-order valence-electron chi connectivity index (χ4n) is 2.33. The Labute approximate surface area is 113 Å². The lowest BCUT2D eigenvalue weighted by Crippen LogP contribution is -1.95. The first-order chi connectivity index (χ1) is 9.25. The molecule has 0 aliphatic heterocycles. The van der Waals surface area contributed by atoms with Crippen LogP contribution in [0.4, 0.5) is 0 Å². The highest BCUT2D eigenvalue weighted by Crippen LogP contribution is 2.27. The highest BCUT2D eigenvalue weighted by Gasteiger charge is 2.10. The summed E-state index contributed by atoms with van der Waals surface area (Å²) in [4.78, 5) is 0. The minimum Gasteiger partial charge on any atom is -0.267 e. The van der Waals surface area contributed by atoms with E-state index in [2.05, 4.69) is 54.5 Å². The van der Waals surface area contributed by atoms with Crippen LogP contribution in [-0.4, -0.2) is 9.78 Å². The maximum atomic E-state index is 4.62. The van der Waals surface area contributed by atoms with Crippen LogP contribution in [0, 0.1) is 6.92 Å². The minimum absolute atomic E-state index is 1.02. The van der Waals surface area contributed by atoms with Gasteiger partial charge in [-0.3, -0.25) is 4.68 Å². The molecule has 0 fully saturated rings. The third-order valence-electron chi connectivity index (χ3n) is 3.37. The summed E-state index contributed by atoms with van der Waals surface area (Å²) < 4.78 is 1.95. The van der Waals surface area contributed by atoms with E-state index in [0.717, 1.165) is 17.0 Å². The zero-order chi connectivity index (χ0) is 13.2. The number of benzene rings is 2. The van der Waals surface area contributed by atoms with Gasteiger partial charge in [-0.1, -0.05) is 54.6 Å². The van der Waals surface area contributed by atoms with Crippen molar-refractivity contribution in [3.05, 3.63) is 66.2 Å². The summed E-state index contributed by atoms with van der Waals surface area (Å²) in [5.74, 6) is 0. The van der Waals surface area contributed by atoms with Gasteiger partial charge < -0.3 is 0 Å². The molecule has 3 aromatic rings. The molecule has 0 N–H and O–H groups in total. The largest absolute Gasteiger partial charge is 0.267 e. The smallest absolute Gasteiger partial charge is 0.0929 e. The van der Waals surface area contributed by atoms with E-state index >= 15 is 0 Å². The van der Waals surface area contributed by atoms with Gasteiger partial charge in [0.15, 0.2) is 0 Å². The second-order valence-electron chi connectivity index (χ2n) is 4.72. The molecule has 2 aromatic carbocycles. The Balaban J connectivity index is 2.11. The molecule has 0 saturated carbocycles. The quantitative estimate of drug-likeness (QED) is 0.668. The van der Waals surface area contributed by atoms with Gasteiger partial charge in [0.05, 0.1) is 11.4 Å². The Morgan fingerprint density at radius 3 is 2.32 bits per heavy atom. The first-order valence-corrected chi connectivity index (χ1v) is 6.41. The van der Waals surface area contributed by atoms with Crippen molar-refractivity contribution in [3.8, 4) is 22.5 Å². The van der Waals surface area contributed by atoms with Gasteiger partial charge in [-0.2, -0.15) is 5.10 Å². The third kappa shape index (κ3) is 2.17. The zero-order valence-corrected chi connectivity index (χ0v) is 11.2. The van der Waals surface area contributed by atoms with Gasteiger partial charge in [-0.05, 0) is 18.6 Å². The van der Waals surface area contributed by atoms with Crippen molar-refractivity contribution < 1.29 is 0 Å². The maximum absolute atomic E-state index is 4.62. The fourth-order valence-corrected chi connectivity index (χ4v) is 2.33. The molecule has 0 aliphatic carbocycles. The van der Waals surface area contributed by atoms with Gasteiger partial charge in [-0.15, -0.1) is 0 Å². The summed E-state index contributed by atoms with van der Waals surface area (Å²) in [7, 11) is 1.99. The van der Waals surface area contributed by atoms with Gasteiger partial charge >= 0.3 is 0 Å². The van der Waals surface area contributed by atoms with E-state index < -0.39 is 0 Å². The number of nitrogens with zero attached hydrogens (tertiary/aromatic N) is 2. The van der Waals surface area contributed by atoms with Crippen LogP contribution in [0.3, 0.4) is 0 Å². The van der Waals surface area contributed by atoms with Crippen LogP contribution in [0.1, 0.15) is 5.56 Å². The molecule has 0 unspecified atom stereocenters. The van der Waals surface area contributed by atoms with E-state index in [0.29, 0.717) is 0 Å². The molecule has 2 nitrogen and oxygen atoms in total. The van der Waals surface area contributed by atoms with Crippen molar-refractivity contribution in [2.45, 2.75) is 6.92 Å². The second-order valence-corrected chi connectivity index (χ2v) is 4.72. The molecule has 0 spiro atoms. The Bertz CT molecular complexity index is 696. The standard InChI is InChI=1S/C17H16N2/c1-13-8-6-7-11-15(13)17-12-16(18-19(17)2)14-9-4-3-5-10-14/h3-12H,1-2H3. The van der Waals surface area contributed by atoms with Gasteiger partial charge in [0.1, 0.15) is 0 Å². The number of aryl methyl sites for hydroxylation is 2. The van der Waals surface area contributed by atoms with Crippen LogP contribution in [0.2, 0.25) is 0 Å². The Hall–Kier alpha value is -2.35. The molecular weight excluding hydrogens is 232 g/mol. The van der Waals surface area contributed by atoms with E-state index in [4.69, 9.17) is 0 Å². The predicted molar refractivity (Wildman–Crippen MR) is 78.8 cm³/mol. The molecule has 2 heteroatoms. The van der Waals surface area contributed by atoms with Crippen LogP contribution >= 0.6 is 0 Å². The Morgan fingerprint density at radius 2 is 1.58 bits per heavy atom. The molecule has 0 radical (unpaired) electrons. The number of hydrogen-bond acceptors (Lipinski definition) is 1. The average molecular weight is 248 g/mol. The first kappa shape index (κ1) is 11.7. The summed E-state index contributed by atoms with van der Waals surface area (Å²) in [6.07, 6.45) is 0. The number of hydrogen-bond donors (Lipinski definition) is 0. The first-order valence-electron chi connectivity index (χ1n) is 6.41. The van der Waals surface area contributed by atoms with Crippen LogP contribution in [0.15, 0.2) is 60.7 Å². The number of aromatic nitrogens is 2. The van der Waals surface area contributed by atoms with Crippen molar-refractivity contribution in [1.29, 1.82) is 0 Å². The molecule has 0 bridgehead atoms. The number of rotatable bonds is 2. The Kier molecular flexibility index (Phi) is 2.92. The molecule has 0 aliphatic rings. The molecule has 1 heterocycles. The second kappa shape index (κ2) is 4.73. The molecule has 0 amide bonds. The van der Waals surface area contributed by atoms with Gasteiger partial charge in [0.2, 0.25) is 0 Å². The predicted octanol–water partition coefficient (Wildman–Crippen LogP) is 4.06. The molecule has 3 rings (SSSR count). The van der Waals surface area contributed by atoms with Gasteiger partial charge in [0.25, 0.3) is 0 Å². The van der Waals surface area contributed by atoms with Crippen molar-refractivity contribution >= 4 is 0 Å². The fraction of sp³-hybridized carbons (Fsp3) is 0.118. The van der Waals surface area contributed by atoms with Crippen molar-refractivity contribution in [1.82, 2.24) is 9.78 Å². The van der Waals surface area contributed by atoms with E-state index in [1.807, 2.05) is 29.9 Å². The lowest BCUT2D eigenvalue weighted by atomic mass is 10.0. The molecule has 94 valence electrons. The molecule has 0 saturated heterocycles. The molecule has 19 heavy (non-hydrogen) atoms. The summed E-state index contributed by atoms with van der Waals surface area (Å²) in [6.45, 7) is 2.13. The minimum atomic E-state index is 1.02. The van der Waals surface area contributed by atoms with E-state index in [1.54, 1.807) is 0 Å². The summed E-state index contributed by atoms with van der Waals surface area (Å²) in [6, 6.07) is 20.8. The molecular formula is C17H16N2. The highest BCUT2D eigenvalue weighted by molar-refractivity contribution is 5.70. The molecule has 0 atom stereocenters. The van der Waals surface area contributed by atoms with Gasteiger partial charge in [-0.25, -0.2) is 0 Å². The SMILES string of the molecule is Cc1ccccc1-c1cc(-c2ccccc2)nn1C. The van der Waals surface area contributed by atoms with E-state index in [9.17, 15) is 0 Å². The van der Waals surface area contributed by atoms with E-state index in [1.165, 1.54) is 11.1 Å². The van der Waals surface area contributed by atoms with Crippen molar-refractivity contribution in [3.63, 3.8) is 0 Å². The maximum Gasteiger partial charge on any atom is 0.0929 e. The Morgan fingerprint density at radius 1 is 0.895 bits per heavy atom.